The summed E-state index contributed by atoms with van der Waals surface area (Å²) in [6, 6.07) is 3.56. The summed E-state index contributed by atoms with van der Waals surface area (Å²) < 4.78 is 17.2. The fourth-order valence-corrected chi connectivity index (χ4v) is 3.32. The number of fused-ring (bicyclic) bond motifs is 2. The molecular formula is C21H28N2O4. The van der Waals surface area contributed by atoms with Crippen LogP contribution in [-0.4, -0.2) is 26.2 Å². The van der Waals surface area contributed by atoms with Gasteiger partial charge in [0.15, 0.2) is 0 Å². The molecule has 6 heteroatoms. The van der Waals surface area contributed by atoms with Crippen LogP contribution in [0, 0.1) is 20.8 Å². The molecule has 0 amide bonds. The highest BCUT2D eigenvalue weighted by Crippen LogP contribution is 2.34. The van der Waals surface area contributed by atoms with Gasteiger partial charge >= 0.3 is 5.63 Å². The van der Waals surface area contributed by atoms with E-state index in [9.17, 15) is 4.79 Å². The van der Waals surface area contributed by atoms with E-state index in [2.05, 4.69) is 5.32 Å². The van der Waals surface area contributed by atoms with E-state index in [1.165, 1.54) is 6.07 Å². The predicted molar refractivity (Wildman–Crippen MR) is 107 cm³/mol. The summed E-state index contributed by atoms with van der Waals surface area (Å²) in [5.41, 5.74) is 9.31. The van der Waals surface area contributed by atoms with Gasteiger partial charge in [-0.3, -0.25) is 0 Å². The van der Waals surface area contributed by atoms with Crippen LogP contribution in [0.2, 0.25) is 0 Å². The maximum absolute atomic E-state index is 11.7. The molecule has 0 aliphatic carbocycles. The van der Waals surface area contributed by atoms with Crippen molar-refractivity contribution in [2.45, 2.75) is 40.2 Å². The molecule has 0 radical (unpaired) electrons. The SMILES string of the molecule is Cc1cc(=O)oc2c(C)c3oc(COCCNCCCCN)c(C)c3cc12. The Kier molecular flexibility index (Phi) is 6.31. The summed E-state index contributed by atoms with van der Waals surface area (Å²) in [7, 11) is 0. The Morgan fingerprint density at radius 2 is 1.78 bits per heavy atom. The van der Waals surface area contributed by atoms with Crippen molar-refractivity contribution in [3.05, 3.63) is 45.0 Å². The van der Waals surface area contributed by atoms with Crippen molar-refractivity contribution in [3.8, 4) is 0 Å². The van der Waals surface area contributed by atoms with Crippen LogP contribution < -0.4 is 16.7 Å². The first kappa shape index (κ1) is 19.6. The van der Waals surface area contributed by atoms with Crippen LogP contribution in [-0.2, 0) is 11.3 Å². The Labute approximate surface area is 158 Å². The van der Waals surface area contributed by atoms with Crippen molar-refractivity contribution >= 4 is 21.9 Å². The van der Waals surface area contributed by atoms with Crippen molar-refractivity contribution < 1.29 is 13.6 Å². The zero-order valence-corrected chi connectivity index (χ0v) is 16.3. The summed E-state index contributed by atoms with van der Waals surface area (Å²) in [5.74, 6) is 0.812. The maximum atomic E-state index is 11.7. The average molecular weight is 372 g/mol. The second-order valence-electron chi connectivity index (χ2n) is 6.95. The van der Waals surface area contributed by atoms with Gasteiger partial charge < -0.3 is 24.6 Å². The minimum atomic E-state index is -0.340. The number of furan rings is 1. The number of hydrogen-bond donors (Lipinski definition) is 2. The van der Waals surface area contributed by atoms with Gasteiger partial charge in [0.2, 0.25) is 0 Å². The molecule has 3 aromatic rings. The van der Waals surface area contributed by atoms with Gasteiger partial charge in [-0.15, -0.1) is 0 Å². The van der Waals surface area contributed by atoms with E-state index in [-0.39, 0.29) is 5.63 Å². The first-order chi connectivity index (χ1) is 13.0. The van der Waals surface area contributed by atoms with E-state index in [1.54, 1.807) is 0 Å². The van der Waals surface area contributed by atoms with Crippen LogP contribution >= 0.6 is 0 Å². The van der Waals surface area contributed by atoms with Crippen molar-refractivity contribution in [2.75, 3.05) is 26.2 Å². The van der Waals surface area contributed by atoms with Crippen LogP contribution in [0.25, 0.3) is 21.9 Å². The molecule has 0 saturated heterocycles. The highest BCUT2D eigenvalue weighted by molar-refractivity contribution is 5.99. The molecule has 0 saturated carbocycles. The fourth-order valence-electron chi connectivity index (χ4n) is 3.32. The molecule has 0 unspecified atom stereocenters. The first-order valence-electron chi connectivity index (χ1n) is 9.47. The lowest BCUT2D eigenvalue weighted by Gasteiger charge is -2.05. The normalized spacial score (nSPS) is 11.7. The number of nitrogens with two attached hydrogens (primary N) is 1. The summed E-state index contributed by atoms with van der Waals surface area (Å²) in [5, 5.41) is 5.32. The van der Waals surface area contributed by atoms with Gasteiger partial charge in [-0.05, 0) is 58.3 Å². The van der Waals surface area contributed by atoms with E-state index in [0.29, 0.717) is 18.8 Å². The van der Waals surface area contributed by atoms with Gasteiger partial charge in [0.05, 0.1) is 6.61 Å². The fraction of sp³-hybridized carbons (Fsp3) is 0.476. The minimum Gasteiger partial charge on any atom is -0.458 e. The van der Waals surface area contributed by atoms with Gasteiger partial charge in [-0.25, -0.2) is 4.79 Å². The third kappa shape index (κ3) is 4.24. The number of rotatable bonds is 9. The summed E-state index contributed by atoms with van der Waals surface area (Å²) in [4.78, 5) is 11.7. The highest BCUT2D eigenvalue weighted by atomic mass is 16.5. The molecule has 0 aliphatic rings. The Balaban J connectivity index is 1.73. The molecule has 2 heterocycles. The lowest BCUT2D eigenvalue weighted by Crippen LogP contribution is -2.21. The molecule has 6 nitrogen and oxygen atoms in total. The van der Waals surface area contributed by atoms with Gasteiger partial charge in [0.1, 0.15) is 23.5 Å². The number of benzene rings is 1. The summed E-state index contributed by atoms with van der Waals surface area (Å²) in [6.07, 6.45) is 2.13. The standard InChI is InChI=1S/C21H28N2O4/c1-13-10-19(24)27-20-15(3)21-17(11-16(13)20)14(2)18(26-21)12-25-9-8-23-7-5-4-6-22/h10-11,23H,4-9,12,22H2,1-3H3. The van der Waals surface area contributed by atoms with E-state index in [0.717, 1.165) is 71.3 Å². The lowest BCUT2D eigenvalue weighted by molar-refractivity contribution is 0.109. The zero-order chi connectivity index (χ0) is 19.4. The van der Waals surface area contributed by atoms with Gasteiger partial charge in [-0.2, -0.15) is 0 Å². The van der Waals surface area contributed by atoms with Gasteiger partial charge in [0, 0.05) is 34.5 Å². The van der Waals surface area contributed by atoms with Gasteiger partial charge in [-0.1, -0.05) is 0 Å². The first-order valence-corrected chi connectivity index (χ1v) is 9.47. The molecule has 3 rings (SSSR count). The molecule has 3 N–H and O–H groups in total. The number of ether oxygens (including phenoxy) is 1. The third-order valence-corrected chi connectivity index (χ3v) is 4.93. The number of nitrogens with one attached hydrogen (secondary N) is 1. The van der Waals surface area contributed by atoms with Crippen molar-refractivity contribution in [3.63, 3.8) is 0 Å². The number of hydrogen-bond acceptors (Lipinski definition) is 6. The van der Waals surface area contributed by atoms with Crippen LogP contribution in [0.15, 0.2) is 25.8 Å². The minimum absolute atomic E-state index is 0.340. The zero-order valence-electron chi connectivity index (χ0n) is 16.3. The smallest absolute Gasteiger partial charge is 0.336 e. The number of aryl methyl sites for hydroxylation is 3. The van der Waals surface area contributed by atoms with Crippen LogP contribution in [0.5, 0.6) is 0 Å². The average Bonchev–Trinajstić information content (AvgIpc) is 2.95. The Hall–Kier alpha value is -2.15. The number of unbranched alkanes of at least 4 members (excludes halogenated alkanes) is 1. The molecule has 2 aromatic heterocycles. The van der Waals surface area contributed by atoms with E-state index in [1.807, 2.05) is 26.8 Å². The molecule has 1 aromatic carbocycles. The van der Waals surface area contributed by atoms with Crippen molar-refractivity contribution in [2.24, 2.45) is 5.73 Å². The summed E-state index contributed by atoms with van der Waals surface area (Å²) >= 11 is 0. The quantitative estimate of drug-likeness (QED) is 0.442. The van der Waals surface area contributed by atoms with Gasteiger partial charge in [0.25, 0.3) is 0 Å². The third-order valence-electron chi connectivity index (χ3n) is 4.93. The van der Waals surface area contributed by atoms with Crippen molar-refractivity contribution in [1.29, 1.82) is 0 Å². The molecule has 0 spiro atoms. The summed E-state index contributed by atoms with van der Waals surface area (Å²) in [6.45, 7) is 9.42. The maximum Gasteiger partial charge on any atom is 0.336 e. The van der Waals surface area contributed by atoms with E-state index in [4.69, 9.17) is 19.3 Å². The van der Waals surface area contributed by atoms with Crippen LogP contribution in [0.3, 0.4) is 0 Å². The molecular weight excluding hydrogens is 344 g/mol. The monoisotopic (exact) mass is 372 g/mol. The lowest BCUT2D eigenvalue weighted by atomic mass is 10.0. The highest BCUT2D eigenvalue weighted by Gasteiger charge is 2.17. The molecule has 146 valence electrons. The second kappa shape index (κ2) is 8.69. The molecule has 0 atom stereocenters. The second-order valence-corrected chi connectivity index (χ2v) is 6.95. The van der Waals surface area contributed by atoms with Crippen LogP contribution in [0.1, 0.15) is 35.3 Å². The van der Waals surface area contributed by atoms with Crippen molar-refractivity contribution in [1.82, 2.24) is 5.32 Å². The molecule has 27 heavy (non-hydrogen) atoms. The Morgan fingerprint density at radius 3 is 2.56 bits per heavy atom. The topological polar surface area (TPSA) is 90.6 Å². The molecule has 0 aliphatic heterocycles. The Morgan fingerprint density at radius 1 is 1.00 bits per heavy atom. The molecule has 0 fully saturated rings. The van der Waals surface area contributed by atoms with E-state index < -0.39 is 0 Å². The largest absolute Gasteiger partial charge is 0.458 e. The molecule has 0 bridgehead atoms. The van der Waals surface area contributed by atoms with Crippen LogP contribution in [0.4, 0.5) is 0 Å². The van der Waals surface area contributed by atoms with E-state index >= 15 is 0 Å². The Bertz CT molecular complexity index is 987. The predicted octanol–water partition coefficient (Wildman–Crippen LogP) is 3.31.